The van der Waals surface area contributed by atoms with Crippen LogP contribution in [0.2, 0.25) is 0 Å². The van der Waals surface area contributed by atoms with Crippen LogP contribution in [0.3, 0.4) is 0 Å². The molecule has 1 aromatic rings. The molecule has 0 atom stereocenters. The number of nitrogens with one attached hydrogen (secondary N) is 1. The average Bonchev–Trinajstić information content (AvgIpc) is 2.67. The minimum atomic E-state index is -0.232. The molecule has 1 fully saturated rings. The van der Waals surface area contributed by atoms with Crippen LogP contribution in [0.25, 0.3) is 0 Å². The van der Waals surface area contributed by atoms with Gasteiger partial charge in [-0.3, -0.25) is 19.3 Å². The molecule has 0 radical (unpaired) electrons. The Balaban J connectivity index is 1.76. The molecular formula is C20H30N4O3. The standard InChI is InChI=1S/C20H30N4O3/c1-4-23(5-2)19(26)15-22-10-12-24(13-11-22)18(25)14-21-20(27)17-9-7-6-8-16(17)3/h6-9H,4-5,10-15H2,1-3H3,(H,21,27). The highest BCUT2D eigenvalue weighted by Crippen LogP contribution is 2.07. The van der Waals surface area contributed by atoms with E-state index in [1.807, 2.05) is 43.9 Å². The first-order valence-corrected chi connectivity index (χ1v) is 9.58. The fourth-order valence-electron chi connectivity index (χ4n) is 3.21. The third-order valence-corrected chi connectivity index (χ3v) is 4.99. The quantitative estimate of drug-likeness (QED) is 0.764. The summed E-state index contributed by atoms with van der Waals surface area (Å²) in [4.78, 5) is 42.4. The average molecular weight is 374 g/mol. The lowest BCUT2D eigenvalue weighted by atomic mass is 10.1. The predicted octanol–water partition coefficient (Wildman–Crippen LogP) is 0.737. The van der Waals surface area contributed by atoms with Crippen molar-refractivity contribution in [3.05, 3.63) is 35.4 Å². The van der Waals surface area contributed by atoms with Crippen LogP contribution in [-0.2, 0) is 9.59 Å². The van der Waals surface area contributed by atoms with Crippen LogP contribution in [0.5, 0.6) is 0 Å². The van der Waals surface area contributed by atoms with Gasteiger partial charge >= 0.3 is 0 Å². The van der Waals surface area contributed by atoms with Gasteiger partial charge in [-0.25, -0.2) is 0 Å². The Morgan fingerprint density at radius 2 is 1.67 bits per heavy atom. The first-order valence-electron chi connectivity index (χ1n) is 9.58. The zero-order valence-electron chi connectivity index (χ0n) is 16.5. The minimum absolute atomic E-state index is 0.00839. The first kappa shape index (κ1) is 20.9. The van der Waals surface area contributed by atoms with Crippen molar-refractivity contribution in [2.45, 2.75) is 20.8 Å². The van der Waals surface area contributed by atoms with E-state index in [0.29, 0.717) is 51.4 Å². The highest BCUT2D eigenvalue weighted by atomic mass is 16.2. The Bertz CT molecular complexity index is 665. The maximum Gasteiger partial charge on any atom is 0.251 e. The largest absolute Gasteiger partial charge is 0.343 e. The van der Waals surface area contributed by atoms with Gasteiger partial charge in [-0.1, -0.05) is 18.2 Å². The summed E-state index contributed by atoms with van der Waals surface area (Å²) in [5.74, 6) is -0.193. The highest BCUT2D eigenvalue weighted by Gasteiger charge is 2.23. The SMILES string of the molecule is CCN(CC)C(=O)CN1CCN(C(=O)CNC(=O)c2ccccc2C)CC1. The Morgan fingerprint density at radius 3 is 2.26 bits per heavy atom. The second-order valence-corrected chi connectivity index (χ2v) is 6.72. The first-order chi connectivity index (χ1) is 13.0. The van der Waals surface area contributed by atoms with Crippen molar-refractivity contribution < 1.29 is 14.4 Å². The van der Waals surface area contributed by atoms with E-state index in [1.54, 1.807) is 11.0 Å². The van der Waals surface area contributed by atoms with Crippen LogP contribution in [0.1, 0.15) is 29.8 Å². The fraction of sp³-hybridized carbons (Fsp3) is 0.550. The molecule has 2 rings (SSSR count). The molecule has 7 heteroatoms. The van der Waals surface area contributed by atoms with E-state index < -0.39 is 0 Å². The number of hydrogen-bond donors (Lipinski definition) is 1. The van der Waals surface area contributed by atoms with Crippen LogP contribution in [0.15, 0.2) is 24.3 Å². The normalized spacial score (nSPS) is 14.7. The second kappa shape index (κ2) is 10.1. The van der Waals surface area contributed by atoms with Crippen LogP contribution < -0.4 is 5.32 Å². The molecule has 7 nitrogen and oxygen atoms in total. The maximum atomic E-state index is 12.4. The molecule has 0 saturated carbocycles. The van der Waals surface area contributed by atoms with E-state index in [4.69, 9.17) is 0 Å². The van der Waals surface area contributed by atoms with Crippen molar-refractivity contribution in [2.75, 3.05) is 52.4 Å². The van der Waals surface area contributed by atoms with Gasteiger partial charge in [-0.2, -0.15) is 0 Å². The minimum Gasteiger partial charge on any atom is -0.343 e. The van der Waals surface area contributed by atoms with Crippen LogP contribution >= 0.6 is 0 Å². The summed E-state index contributed by atoms with van der Waals surface area (Å²) in [6.45, 7) is 10.1. The molecule has 1 aliphatic rings. The van der Waals surface area contributed by atoms with Gasteiger partial charge in [-0.05, 0) is 32.4 Å². The molecule has 0 unspecified atom stereocenters. The number of likely N-dealkylation sites (N-methyl/N-ethyl adjacent to an activating group) is 1. The second-order valence-electron chi connectivity index (χ2n) is 6.72. The van der Waals surface area contributed by atoms with Crippen LogP contribution in [0.4, 0.5) is 0 Å². The number of rotatable bonds is 7. The highest BCUT2D eigenvalue weighted by molar-refractivity contribution is 5.97. The van der Waals surface area contributed by atoms with Crippen LogP contribution in [-0.4, -0.2) is 84.8 Å². The monoisotopic (exact) mass is 374 g/mol. The van der Waals surface area contributed by atoms with Crippen molar-refractivity contribution in [1.82, 2.24) is 20.0 Å². The van der Waals surface area contributed by atoms with Gasteiger partial charge in [0, 0.05) is 44.8 Å². The molecule has 148 valence electrons. The van der Waals surface area contributed by atoms with Gasteiger partial charge in [-0.15, -0.1) is 0 Å². The van der Waals surface area contributed by atoms with Crippen molar-refractivity contribution >= 4 is 17.7 Å². The lowest BCUT2D eigenvalue weighted by molar-refractivity contribution is -0.134. The van der Waals surface area contributed by atoms with E-state index in [1.165, 1.54) is 0 Å². The summed E-state index contributed by atoms with van der Waals surface area (Å²) in [5.41, 5.74) is 1.47. The zero-order valence-corrected chi connectivity index (χ0v) is 16.5. The number of amides is 3. The summed E-state index contributed by atoms with van der Waals surface area (Å²) in [7, 11) is 0. The molecule has 1 saturated heterocycles. The Labute approximate surface area is 161 Å². The summed E-state index contributed by atoms with van der Waals surface area (Å²) in [6, 6.07) is 7.31. The molecular weight excluding hydrogens is 344 g/mol. The lowest BCUT2D eigenvalue weighted by Crippen LogP contribution is -2.53. The molecule has 1 aromatic carbocycles. The number of carbonyl (C=O) groups is 3. The molecule has 0 aromatic heterocycles. The third-order valence-electron chi connectivity index (χ3n) is 4.99. The molecule has 0 bridgehead atoms. The maximum absolute atomic E-state index is 12.4. The Hall–Kier alpha value is -2.41. The van der Waals surface area contributed by atoms with Crippen molar-refractivity contribution in [2.24, 2.45) is 0 Å². The van der Waals surface area contributed by atoms with Crippen LogP contribution in [0, 0.1) is 6.92 Å². The number of hydrogen-bond acceptors (Lipinski definition) is 4. The smallest absolute Gasteiger partial charge is 0.251 e. The van der Waals surface area contributed by atoms with Gasteiger partial charge in [0.25, 0.3) is 5.91 Å². The van der Waals surface area contributed by atoms with E-state index in [0.717, 1.165) is 5.56 Å². The number of carbonyl (C=O) groups excluding carboxylic acids is 3. The molecule has 1 aliphatic heterocycles. The zero-order chi connectivity index (χ0) is 19.8. The van der Waals surface area contributed by atoms with E-state index in [2.05, 4.69) is 10.2 Å². The Kier molecular flexibility index (Phi) is 7.79. The van der Waals surface area contributed by atoms with Crippen molar-refractivity contribution in [3.63, 3.8) is 0 Å². The molecule has 0 aliphatic carbocycles. The van der Waals surface area contributed by atoms with Gasteiger partial charge in [0.05, 0.1) is 13.1 Å². The topological polar surface area (TPSA) is 73.0 Å². The molecule has 1 heterocycles. The molecule has 3 amide bonds. The van der Waals surface area contributed by atoms with Gasteiger partial charge < -0.3 is 15.1 Å². The fourth-order valence-corrected chi connectivity index (χ4v) is 3.21. The third kappa shape index (κ3) is 5.79. The van der Waals surface area contributed by atoms with Gasteiger partial charge in [0.15, 0.2) is 0 Å². The number of nitrogens with zero attached hydrogens (tertiary/aromatic N) is 3. The lowest BCUT2D eigenvalue weighted by Gasteiger charge is -2.35. The summed E-state index contributed by atoms with van der Waals surface area (Å²) in [6.07, 6.45) is 0. The van der Waals surface area contributed by atoms with Crippen molar-refractivity contribution in [3.8, 4) is 0 Å². The summed E-state index contributed by atoms with van der Waals surface area (Å²) < 4.78 is 0. The Morgan fingerprint density at radius 1 is 1.04 bits per heavy atom. The number of piperazine rings is 1. The van der Waals surface area contributed by atoms with E-state index >= 15 is 0 Å². The summed E-state index contributed by atoms with van der Waals surface area (Å²) >= 11 is 0. The molecule has 1 N–H and O–H groups in total. The van der Waals surface area contributed by atoms with Gasteiger partial charge in [0.1, 0.15) is 0 Å². The molecule has 27 heavy (non-hydrogen) atoms. The summed E-state index contributed by atoms with van der Waals surface area (Å²) in [5, 5.41) is 2.71. The van der Waals surface area contributed by atoms with Crippen molar-refractivity contribution in [1.29, 1.82) is 0 Å². The number of aryl methyl sites for hydroxylation is 1. The van der Waals surface area contributed by atoms with E-state index in [9.17, 15) is 14.4 Å². The number of benzene rings is 1. The molecule has 0 spiro atoms. The van der Waals surface area contributed by atoms with Gasteiger partial charge in [0.2, 0.25) is 11.8 Å². The van der Waals surface area contributed by atoms with E-state index in [-0.39, 0.29) is 24.3 Å². The predicted molar refractivity (Wildman–Crippen MR) is 104 cm³/mol.